The number of rotatable bonds is 8. The molecule has 8 heteroatoms. The summed E-state index contributed by atoms with van der Waals surface area (Å²) in [6, 6.07) is 26.8. The van der Waals surface area contributed by atoms with Crippen LogP contribution in [0.2, 0.25) is 0 Å². The Labute approximate surface area is 220 Å². The van der Waals surface area contributed by atoms with Gasteiger partial charge < -0.3 is 19.3 Å². The summed E-state index contributed by atoms with van der Waals surface area (Å²) in [6.07, 6.45) is -0.278. The Morgan fingerprint density at radius 3 is 2.11 bits per heavy atom. The highest BCUT2D eigenvalue weighted by Gasteiger charge is 2.42. The molecule has 38 heavy (non-hydrogen) atoms. The number of aliphatic hydroxyl groups is 1. The number of methoxy groups -OCH3 is 1. The van der Waals surface area contributed by atoms with Gasteiger partial charge in [0.1, 0.15) is 23.6 Å². The Morgan fingerprint density at radius 2 is 1.53 bits per heavy atom. The number of hydrogen-bond donors (Lipinski definition) is 2. The standard InChI is InChI=1S/C30H30N2O6/c1-20-17-32(29(35)31-28(20)34)25-18-37-26(27(25)33)19-38-30(21-9-5-3-6-10-21,22-11-7-4-8-12-22)23-13-15-24(36-2)16-14-23/h3-17,25-27,33H,18-19H2,1-2H3,(H,31,34,35). The highest BCUT2D eigenvalue weighted by molar-refractivity contribution is 5.48. The Hall–Kier alpha value is -3.98. The Bertz CT molecular complexity index is 1440. The van der Waals surface area contributed by atoms with Crippen LogP contribution >= 0.6 is 0 Å². The molecule has 1 aliphatic rings. The molecule has 5 rings (SSSR count). The second kappa shape index (κ2) is 10.8. The molecule has 3 atom stereocenters. The third kappa shape index (κ3) is 4.69. The predicted molar refractivity (Wildman–Crippen MR) is 143 cm³/mol. The SMILES string of the molecule is COc1ccc(C(OCC2OCC(n3cc(C)c(=O)[nH]c3=O)C2O)(c2ccccc2)c2ccccc2)cc1. The van der Waals surface area contributed by atoms with E-state index in [9.17, 15) is 14.7 Å². The highest BCUT2D eigenvalue weighted by Crippen LogP contribution is 2.41. The van der Waals surface area contributed by atoms with Crippen molar-refractivity contribution in [1.29, 1.82) is 0 Å². The maximum absolute atomic E-state index is 12.5. The normalized spacial score (nSPS) is 19.4. The molecule has 0 spiro atoms. The summed E-state index contributed by atoms with van der Waals surface area (Å²) >= 11 is 0. The van der Waals surface area contributed by atoms with Crippen molar-refractivity contribution in [2.24, 2.45) is 0 Å². The Kier molecular flexibility index (Phi) is 7.28. The number of hydrogen-bond acceptors (Lipinski definition) is 6. The lowest BCUT2D eigenvalue weighted by Crippen LogP contribution is -2.41. The average molecular weight is 515 g/mol. The zero-order valence-corrected chi connectivity index (χ0v) is 21.2. The number of nitrogens with zero attached hydrogens (tertiary/aromatic N) is 1. The molecule has 0 radical (unpaired) electrons. The third-order valence-corrected chi connectivity index (χ3v) is 7.08. The van der Waals surface area contributed by atoms with E-state index in [-0.39, 0.29) is 13.2 Å². The molecule has 1 aromatic heterocycles. The van der Waals surface area contributed by atoms with Crippen LogP contribution in [0.1, 0.15) is 28.3 Å². The van der Waals surface area contributed by atoms with E-state index in [0.29, 0.717) is 5.56 Å². The van der Waals surface area contributed by atoms with Crippen molar-refractivity contribution in [2.75, 3.05) is 20.3 Å². The van der Waals surface area contributed by atoms with Gasteiger partial charge in [-0.15, -0.1) is 0 Å². The van der Waals surface area contributed by atoms with Crippen LogP contribution < -0.4 is 16.0 Å². The minimum Gasteiger partial charge on any atom is -0.497 e. The maximum Gasteiger partial charge on any atom is 0.328 e. The first-order valence-electron chi connectivity index (χ1n) is 12.5. The van der Waals surface area contributed by atoms with Gasteiger partial charge >= 0.3 is 5.69 Å². The van der Waals surface area contributed by atoms with E-state index < -0.39 is 35.1 Å². The third-order valence-electron chi connectivity index (χ3n) is 7.08. The fraction of sp³-hybridized carbons (Fsp3) is 0.267. The molecular formula is C30H30N2O6. The number of aliphatic hydroxyl groups excluding tert-OH is 1. The second-order valence-corrected chi connectivity index (χ2v) is 9.36. The minimum atomic E-state index is -1.03. The van der Waals surface area contributed by atoms with E-state index in [2.05, 4.69) is 4.98 Å². The fourth-order valence-electron chi connectivity index (χ4n) is 5.02. The topological polar surface area (TPSA) is 103 Å². The van der Waals surface area contributed by atoms with Crippen molar-refractivity contribution in [3.8, 4) is 5.75 Å². The van der Waals surface area contributed by atoms with Gasteiger partial charge in [-0.05, 0) is 35.7 Å². The van der Waals surface area contributed by atoms with Crippen molar-refractivity contribution in [2.45, 2.75) is 30.8 Å². The first-order valence-corrected chi connectivity index (χ1v) is 12.5. The van der Waals surface area contributed by atoms with Crippen LogP contribution in [0.3, 0.4) is 0 Å². The number of aryl methyl sites for hydroxylation is 1. The van der Waals surface area contributed by atoms with Crippen LogP contribution in [-0.2, 0) is 15.1 Å². The van der Waals surface area contributed by atoms with Crippen LogP contribution in [0.5, 0.6) is 5.75 Å². The highest BCUT2D eigenvalue weighted by atomic mass is 16.6. The van der Waals surface area contributed by atoms with Crippen LogP contribution in [-0.4, -0.2) is 47.2 Å². The number of nitrogens with one attached hydrogen (secondary N) is 1. The largest absolute Gasteiger partial charge is 0.497 e. The molecule has 0 bridgehead atoms. The zero-order chi connectivity index (χ0) is 26.7. The summed E-state index contributed by atoms with van der Waals surface area (Å²) in [7, 11) is 1.62. The van der Waals surface area contributed by atoms with Gasteiger partial charge in [0.05, 0.1) is 26.4 Å². The summed E-state index contributed by atoms with van der Waals surface area (Å²) in [5, 5.41) is 11.2. The lowest BCUT2D eigenvalue weighted by Gasteiger charge is -2.37. The molecule has 3 unspecified atom stereocenters. The average Bonchev–Trinajstić information content (AvgIpc) is 3.32. The van der Waals surface area contributed by atoms with E-state index in [1.165, 1.54) is 10.8 Å². The van der Waals surface area contributed by atoms with Gasteiger partial charge in [0.15, 0.2) is 0 Å². The molecule has 2 N–H and O–H groups in total. The summed E-state index contributed by atoms with van der Waals surface area (Å²) in [6.45, 7) is 1.76. The van der Waals surface area contributed by atoms with Crippen LogP contribution in [0, 0.1) is 6.92 Å². The predicted octanol–water partition coefficient (Wildman–Crippen LogP) is 3.16. The first-order chi connectivity index (χ1) is 18.4. The number of aromatic amines is 1. The molecule has 1 fully saturated rings. The van der Waals surface area contributed by atoms with Gasteiger partial charge in [-0.3, -0.25) is 14.3 Å². The molecule has 0 aliphatic carbocycles. The summed E-state index contributed by atoms with van der Waals surface area (Å²) in [4.78, 5) is 26.6. The minimum absolute atomic E-state index is 0.0462. The Morgan fingerprint density at radius 1 is 0.947 bits per heavy atom. The van der Waals surface area contributed by atoms with E-state index in [1.807, 2.05) is 84.9 Å². The smallest absolute Gasteiger partial charge is 0.328 e. The molecule has 1 aliphatic heterocycles. The molecular weight excluding hydrogens is 484 g/mol. The summed E-state index contributed by atoms with van der Waals surface area (Å²) < 4.78 is 19.5. The molecule has 3 aromatic carbocycles. The van der Waals surface area contributed by atoms with Gasteiger partial charge in [-0.25, -0.2) is 4.79 Å². The number of aromatic nitrogens is 2. The quantitative estimate of drug-likeness (QED) is 0.350. The number of benzene rings is 3. The summed E-state index contributed by atoms with van der Waals surface area (Å²) in [5.41, 5.74) is 1.03. The molecule has 8 nitrogen and oxygen atoms in total. The van der Waals surface area contributed by atoms with E-state index in [0.717, 1.165) is 22.4 Å². The molecule has 1 saturated heterocycles. The Balaban J connectivity index is 1.52. The second-order valence-electron chi connectivity index (χ2n) is 9.36. The van der Waals surface area contributed by atoms with Gasteiger partial charge in [0, 0.05) is 11.8 Å². The lowest BCUT2D eigenvalue weighted by molar-refractivity contribution is -0.0706. The van der Waals surface area contributed by atoms with Crippen LogP contribution in [0.25, 0.3) is 0 Å². The summed E-state index contributed by atoms with van der Waals surface area (Å²) in [5.74, 6) is 0.725. The van der Waals surface area contributed by atoms with Gasteiger partial charge in [-0.1, -0.05) is 72.8 Å². The monoisotopic (exact) mass is 514 g/mol. The van der Waals surface area contributed by atoms with E-state index in [4.69, 9.17) is 14.2 Å². The van der Waals surface area contributed by atoms with Crippen molar-refractivity contribution in [3.63, 3.8) is 0 Å². The fourth-order valence-corrected chi connectivity index (χ4v) is 5.02. The van der Waals surface area contributed by atoms with Crippen molar-refractivity contribution >= 4 is 0 Å². The van der Waals surface area contributed by atoms with Crippen LogP contribution in [0.15, 0.2) is 101 Å². The maximum atomic E-state index is 12.5. The molecule has 4 aromatic rings. The number of ether oxygens (including phenoxy) is 3. The molecule has 196 valence electrons. The van der Waals surface area contributed by atoms with Crippen molar-refractivity contribution in [3.05, 3.63) is 134 Å². The number of H-pyrrole nitrogens is 1. The van der Waals surface area contributed by atoms with Crippen molar-refractivity contribution in [1.82, 2.24) is 9.55 Å². The van der Waals surface area contributed by atoms with Crippen molar-refractivity contribution < 1.29 is 19.3 Å². The zero-order valence-electron chi connectivity index (χ0n) is 21.2. The lowest BCUT2D eigenvalue weighted by atomic mass is 9.80. The van der Waals surface area contributed by atoms with Gasteiger partial charge in [0.25, 0.3) is 5.56 Å². The van der Waals surface area contributed by atoms with Gasteiger partial charge in [-0.2, -0.15) is 0 Å². The van der Waals surface area contributed by atoms with E-state index >= 15 is 0 Å². The van der Waals surface area contributed by atoms with E-state index in [1.54, 1.807) is 14.0 Å². The van der Waals surface area contributed by atoms with Gasteiger partial charge in [0.2, 0.25) is 0 Å². The molecule has 0 amide bonds. The first kappa shape index (κ1) is 25.7. The molecule has 0 saturated carbocycles. The molecule has 2 heterocycles. The van der Waals surface area contributed by atoms with Crippen LogP contribution in [0.4, 0.5) is 0 Å².